The van der Waals surface area contributed by atoms with Gasteiger partial charge in [-0.05, 0) is 121 Å². The summed E-state index contributed by atoms with van der Waals surface area (Å²) < 4.78 is 11.1. The lowest BCUT2D eigenvalue weighted by Crippen LogP contribution is -2.31. The molecule has 0 spiro atoms. The van der Waals surface area contributed by atoms with Gasteiger partial charge in [-0.25, -0.2) is 4.57 Å². The summed E-state index contributed by atoms with van der Waals surface area (Å²) in [5.41, 5.74) is 9.24. The molecule has 0 amide bonds. The van der Waals surface area contributed by atoms with E-state index < -0.39 is 0 Å². The molecule has 3 aliphatic rings. The molecule has 0 saturated heterocycles. The highest BCUT2D eigenvalue weighted by Crippen LogP contribution is 2.45. The zero-order valence-corrected chi connectivity index (χ0v) is 24.5. The van der Waals surface area contributed by atoms with Crippen molar-refractivity contribution in [2.75, 3.05) is 0 Å². The Balaban J connectivity index is 1.48. The summed E-state index contributed by atoms with van der Waals surface area (Å²) >= 11 is 0. The van der Waals surface area contributed by atoms with Crippen molar-refractivity contribution >= 4 is 10.8 Å². The maximum Gasteiger partial charge on any atom is 0.220 e. The van der Waals surface area contributed by atoms with Crippen molar-refractivity contribution in [1.82, 2.24) is 0 Å². The number of benzene rings is 2. The first kappa shape index (κ1) is 24.9. The van der Waals surface area contributed by atoms with Gasteiger partial charge in [0.1, 0.15) is 8.42 Å². The summed E-state index contributed by atoms with van der Waals surface area (Å²) in [6.07, 6.45) is 19.4. The molecule has 0 radical (unpaired) electrons. The molecule has 1 heterocycles. The van der Waals surface area contributed by atoms with Gasteiger partial charge in [0, 0.05) is 6.07 Å². The van der Waals surface area contributed by atoms with Crippen LogP contribution in [-0.2, 0) is 7.05 Å². The summed E-state index contributed by atoms with van der Waals surface area (Å²) in [6.45, 7) is 7.23. The van der Waals surface area contributed by atoms with Crippen LogP contribution in [0.25, 0.3) is 22.0 Å². The SMILES string of the molecule is [2H]c1cc2cc(C3CCC(C)(C)CC3)ccc2c(-c2cc(C3CCCCC3)cc(C3CCCCC3)c2C)[n+]1C. The molecule has 3 fully saturated rings. The van der Waals surface area contributed by atoms with Crippen LogP contribution in [0.15, 0.2) is 42.6 Å². The second-order valence-corrected chi connectivity index (χ2v) is 13.9. The lowest BCUT2D eigenvalue weighted by atomic mass is 9.71. The first-order chi connectivity index (χ1) is 18.8. The number of fused-ring (bicyclic) bond motifs is 1. The van der Waals surface area contributed by atoms with E-state index in [2.05, 4.69) is 68.8 Å². The molecule has 0 aliphatic heterocycles. The van der Waals surface area contributed by atoms with Crippen LogP contribution < -0.4 is 4.57 Å². The van der Waals surface area contributed by atoms with Gasteiger partial charge in [0.05, 0.1) is 10.9 Å². The first-order valence-corrected chi connectivity index (χ1v) is 15.9. The molecule has 0 unspecified atom stereocenters. The average molecular weight is 510 g/mol. The number of hydrogen-bond acceptors (Lipinski definition) is 0. The molecule has 0 bridgehead atoms. The van der Waals surface area contributed by atoms with E-state index in [0.717, 1.165) is 0 Å². The highest BCUT2D eigenvalue weighted by atomic mass is 14.9. The molecule has 1 aromatic heterocycles. The summed E-state index contributed by atoms with van der Waals surface area (Å²) in [5, 5.41) is 2.56. The third kappa shape index (κ3) is 5.20. The molecule has 3 aromatic rings. The van der Waals surface area contributed by atoms with E-state index in [9.17, 15) is 0 Å². The van der Waals surface area contributed by atoms with Crippen LogP contribution in [0.3, 0.4) is 0 Å². The van der Waals surface area contributed by atoms with Gasteiger partial charge in [-0.2, -0.15) is 0 Å². The molecule has 3 saturated carbocycles. The Hall–Kier alpha value is -2.15. The van der Waals surface area contributed by atoms with Crippen molar-refractivity contribution in [3.63, 3.8) is 0 Å². The zero-order valence-electron chi connectivity index (χ0n) is 25.5. The van der Waals surface area contributed by atoms with Crippen molar-refractivity contribution in [3.8, 4) is 11.3 Å². The minimum atomic E-state index is 0.486. The van der Waals surface area contributed by atoms with E-state index in [1.54, 1.807) is 11.1 Å². The summed E-state index contributed by atoms with van der Waals surface area (Å²) in [4.78, 5) is 0. The Kier molecular flexibility index (Phi) is 7.06. The maximum absolute atomic E-state index is 8.99. The molecule has 0 N–H and O–H groups in total. The predicted molar refractivity (Wildman–Crippen MR) is 162 cm³/mol. The third-order valence-electron chi connectivity index (χ3n) is 10.7. The molecule has 1 nitrogen and oxygen atoms in total. The standard InChI is InChI=1S/C37H50N/c1-26-34(29-13-9-6-10-14-29)24-32(27-11-7-5-8-12-27)25-35(26)36-33-16-15-30(23-31(33)19-22-38(36)4)28-17-20-37(2,3)21-18-28/h15-16,19,22-25,27-29H,5-14,17-18,20-21H2,1-4H3/q+1/i22D. The van der Waals surface area contributed by atoms with Crippen LogP contribution in [0.1, 0.15) is 145 Å². The largest absolute Gasteiger partial charge is 0.220 e. The Morgan fingerprint density at radius 3 is 2.05 bits per heavy atom. The molecule has 202 valence electrons. The van der Waals surface area contributed by atoms with Gasteiger partial charge in [-0.1, -0.05) is 70.6 Å². The van der Waals surface area contributed by atoms with Crippen LogP contribution in [-0.4, -0.2) is 0 Å². The smallest absolute Gasteiger partial charge is 0.200 e. The second kappa shape index (κ2) is 10.8. The molecule has 3 aliphatic carbocycles. The van der Waals surface area contributed by atoms with E-state index in [1.807, 2.05) is 0 Å². The Labute approximate surface area is 233 Å². The monoisotopic (exact) mass is 509 g/mol. The quantitative estimate of drug-likeness (QED) is 0.308. The fourth-order valence-corrected chi connectivity index (χ4v) is 8.16. The third-order valence-corrected chi connectivity index (χ3v) is 10.7. The maximum atomic E-state index is 8.99. The van der Waals surface area contributed by atoms with Crippen LogP contribution >= 0.6 is 0 Å². The zero-order chi connectivity index (χ0) is 27.1. The van der Waals surface area contributed by atoms with E-state index in [0.29, 0.717) is 29.3 Å². The van der Waals surface area contributed by atoms with Crippen LogP contribution in [0.4, 0.5) is 0 Å². The van der Waals surface area contributed by atoms with Gasteiger partial charge < -0.3 is 0 Å². The van der Waals surface area contributed by atoms with Gasteiger partial charge in [-0.3, -0.25) is 0 Å². The number of pyridine rings is 1. The fourth-order valence-electron chi connectivity index (χ4n) is 8.16. The summed E-state index contributed by atoms with van der Waals surface area (Å²) in [5.74, 6) is 2.04. The van der Waals surface area contributed by atoms with Crippen molar-refractivity contribution in [3.05, 3.63) is 64.8 Å². The predicted octanol–water partition coefficient (Wildman–Crippen LogP) is 10.4. The Morgan fingerprint density at radius 2 is 1.37 bits per heavy atom. The summed E-state index contributed by atoms with van der Waals surface area (Å²) in [7, 11) is 2.11. The van der Waals surface area contributed by atoms with E-state index in [4.69, 9.17) is 1.37 Å². The molecule has 1 heteroatoms. The number of aromatic nitrogens is 1. The van der Waals surface area contributed by atoms with E-state index in [-0.39, 0.29) is 0 Å². The highest BCUT2D eigenvalue weighted by Gasteiger charge is 2.29. The minimum absolute atomic E-state index is 0.486. The van der Waals surface area contributed by atoms with Gasteiger partial charge >= 0.3 is 0 Å². The average Bonchev–Trinajstić information content (AvgIpc) is 2.95. The van der Waals surface area contributed by atoms with E-state index >= 15 is 0 Å². The second-order valence-electron chi connectivity index (χ2n) is 13.9. The van der Waals surface area contributed by atoms with Crippen molar-refractivity contribution in [2.24, 2.45) is 12.5 Å². The van der Waals surface area contributed by atoms with Crippen LogP contribution in [0, 0.1) is 12.3 Å². The lowest BCUT2D eigenvalue weighted by molar-refractivity contribution is -0.659. The van der Waals surface area contributed by atoms with Gasteiger partial charge in [-0.15, -0.1) is 0 Å². The lowest BCUT2D eigenvalue weighted by Gasteiger charge is -2.34. The van der Waals surface area contributed by atoms with Gasteiger partial charge in [0.25, 0.3) is 0 Å². The number of rotatable bonds is 4. The molecule has 2 aromatic carbocycles. The molecule has 6 rings (SSSR count). The molecule has 0 atom stereocenters. The topological polar surface area (TPSA) is 3.88 Å². The summed E-state index contributed by atoms with van der Waals surface area (Å²) in [6, 6.07) is 14.5. The molecular weight excluding hydrogens is 458 g/mol. The number of nitrogens with zero attached hydrogens (tertiary/aromatic N) is 1. The van der Waals surface area contributed by atoms with Crippen molar-refractivity contribution in [1.29, 1.82) is 0 Å². The first-order valence-electron chi connectivity index (χ1n) is 16.4. The van der Waals surface area contributed by atoms with Crippen LogP contribution in [0.5, 0.6) is 0 Å². The van der Waals surface area contributed by atoms with Gasteiger partial charge in [0.2, 0.25) is 5.69 Å². The Morgan fingerprint density at radius 1 is 0.737 bits per heavy atom. The van der Waals surface area contributed by atoms with Crippen LogP contribution in [0.2, 0.25) is 0 Å². The fraction of sp³-hybridized carbons (Fsp3) is 0.595. The normalized spacial score (nSPS) is 22.1. The highest BCUT2D eigenvalue weighted by molar-refractivity contribution is 5.94. The van der Waals surface area contributed by atoms with Gasteiger partial charge in [0.15, 0.2) is 6.17 Å². The van der Waals surface area contributed by atoms with Crippen molar-refractivity contribution in [2.45, 2.75) is 128 Å². The molecule has 38 heavy (non-hydrogen) atoms. The Bertz CT molecular complexity index is 1330. The minimum Gasteiger partial charge on any atom is -0.200 e. The molecular formula is C37H50N+. The number of hydrogen-bond donors (Lipinski definition) is 0. The van der Waals surface area contributed by atoms with Crippen molar-refractivity contribution < 1.29 is 5.94 Å². The van der Waals surface area contributed by atoms with E-state index in [1.165, 1.54) is 123 Å².